The van der Waals surface area contributed by atoms with Crippen LogP contribution < -0.4 is 16.4 Å². The van der Waals surface area contributed by atoms with Crippen molar-refractivity contribution < 1.29 is 14.4 Å². The molecule has 3 saturated carbocycles. The Morgan fingerprint density at radius 3 is 1.41 bits per heavy atom. The number of halogens is 4. The van der Waals surface area contributed by atoms with Crippen LogP contribution in [-0.2, 0) is 14.4 Å². The maximum Gasteiger partial charge on any atom is 0.236 e. The van der Waals surface area contributed by atoms with Crippen LogP contribution in [0, 0.1) is 53.3 Å². The summed E-state index contributed by atoms with van der Waals surface area (Å²) in [5.74, 6) is 6.42. The van der Waals surface area contributed by atoms with E-state index >= 15 is 0 Å². The van der Waals surface area contributed by atoms with Crippen LogP contribution in [-0.4, -0.2) is 49.1 Å². The zero-order valence-corrected chi connectivity index (χ0v) is 36.1. The van der Waals surface area contributed by atoms with E-state index in [1.165, 1.54) is 25.7 Å². The molecule has 4 bridgehead atoms. The molecule has 0 spiro atoms. The first-order chi connectivity index (χ1) is 22.2. The highest BCUT2D eigenvalue weighted by atomic mass is 79.9. The van der Waals surface area contributed by atoms with Gasteiger partial charge in [0.15, 0.2) is 0 Å². The van der Waals surface area contributed by atoms with Gasteiger partial charge in [0.05, 0.1) is 13.0 Å². The van der Waals surface area contributed by atoms with Gasteiger partial charge in [0.1, 0.15) is 0 Å². The van der Waals surface area contributed by atoms with E-state index in [0.717, 1.165) is 56.1 Å². The minimum Gasteiger partial charge on any atom is -0.355 e. The van der Waals surface area contributed by atoms with E-state index in [-0.39, 0.29) is 23.9 Å². The quantitative estimate of drug-likeness (QED) is 0.115. The van der Waals surface area contributed by atoms with Gasteiger partial charge in [-0.15, -0.1) is 13.2 Å². The van der Waals surface area contributed by atoms with Crippen molar-refractivity contribution >= 4 is 80.2 Å². The van der Waals surface area contributed by atoms with Gasteiger partial charge < -0.3 is 16.4 Å². The average Bonchev–Trinajstić information content (AvgIpc) is 3.85. The van der Waals surface area contributed by atoms with Crippen molar-refractivity contribution in [2.24, 2.45) is 59.0 Å². The zero-order valence-electron chi connectivity index (χ0n) is 29.8. The summed E-state index contributed by atoms with van der Waals surface area (Å²) in [6.45, 7) is 21.2. The van der Waals surface area contributed by atoms with E-state index in [9.17, 15) is 14.4 Å². The second-order valence-corrected chi connectivity index (χ2v) is 22.2. The van der Waals surface area contributed by atoms with Crippen molar-refractivity contribution in [2.75, 3.05) is 19.6 Å². The molecule has 280 valence electrons. The summed E-state index contributed by atoms with van der Waals surface area (Å²) in [4.78, 5) is 33.7. The topological polar surface area (TPSA) is 101 Å². The molecule has 0 aromatic rings. The van der Waals surface area contributed by atoms with Gasteiger partial charge in [0, 0.05) is 13.1 Å². The van der Waals surface area contributed by atoms with Crippen LogP contribution in [0.2, 0.25) is 0 Å². The van der Waals surface area contributed by atoms with Gasteiger partial charge in [0.2, 0.25) is 16.5 Å². The van der Waals surface area contributed by atoms with Crippen molar-refractivity contribution in [1.29, 1.82) is 0 Å². The minimum atomic E-state index is -0.493. The Bertz CT molecular complexity index is 1170. The van der Waals surface area contributed by atoms with Gasteiger partial charge in [-0.3, -0.25) is 14.4 Å². The van der Waals surface area contributed by atoms with Crippen molar-refractivity contribution in [3.63, 3.8) is 0 Å². The fourth-order valence-electron chi connectivity index (χ4n) is 7.08. The third kappa shape index (κ3) is 15.5. The summed E-state index contributed by atoms with van der Waals surface area (Å²) in [6.07, 6.45) is 20.9. The predicted molar refractivity (Wildman–Crippen MR) is 223 cm³/mol. The monoisotopic (exact) mass is 937 g/mol. The van der Waals surface area contributed by atoms with Crippen molar-refractivity contribution in [3.05, 3.63) is 49.6 Å². The fraction of sp³-hybridized carbons (Fsp3) is 0.718. The van der Waals surface area contributed by atoms with Crippen molar-refractivity contribution in [2.45, 2.75) is 100 Å². The third-order valence-corrected chi connectivity index (χ3v) is 12.8. The molecular weight excluding hydrogens is 878 g/mol. The van der Waals surface area contributed by atoms with E-state index in [2.05, 4.69) is 112 Å². The number of alkyl halides is 3. The van der Waals surface area contributed by atoms with E-state index < -0.39 is 13.0 Å². The largest absolute Gasteiger partial charge is 0.355 e. The molecule has 0 radical (unpaired) electrons. The lowest BCUT2D eigenvalue weighted by atomic mass is 9.93. The van der Waals surface area contributed by atoms with Crippen LogP contribution in [0.25, 0.3) is 0 Å². The second kappa shape index (κ2) is 20.6. The van der Waals surface area contributed by atoms with Gasteiger partial charge in [-0.1, -0.05) is 91.7 Å². The Labute approximate surface area is 331 Å². The highest BCUT2D eigenvalue weighted by Crippen LogP contribution is 2.43. The zero-order chi connectivity index (χ0) is 36.4. The van der Waals surface area contributed by atoms with Gasteiger partial charge in [-0.2, -0.15) is 0 Å². The number of carbonyl (C=O) groups excluding carboxylic acids is 3. The number of amides is 2. The first kappa shape index (κ1) is 46.5. The molecule has 0 aromatic heterocycles. The second-order valence-electron chi connectivity index (χ2n) is 15.6. The lowest BCUT2D eigenvalue weighted by molar-refractivity contribution is -0.123. The number of nitrogens with two attached hydrogens (primary N) is 1. The number of nitrogens with one attached hydrogen (secondary N) is 2. The normalized spacial score (nSPS) is 30.4. The van der Waals surface area contributed by atoms with Crippen LogP contribution in [0.3, 0.4) is 0 Å². The van der Waals surface area contributed by atoms with E-state index in [1.54, 1.807) is 13.8 Å². The lowest BCUT2D eigenvalue weighted by Crippen LogP contribution is -2.40. The van der Waals surface area contributed by atoms with E-state index in [1.807, 2.05) is 39.8 Å². The average molecular weight is 942 g/mol. The number of hydrogen-bond donors (Lipinski definition) is 3. The predicted octanol–water partition coefficient (Wildman–Crippen LogP) is 9.65. The highest BCUT2D eigenvalue weighted by molar-refractivity contribution is 9.20. The number of carbonyl (C=O) groups is 3. The SMILES string of the molecule is C.C=CC1CC(C=C)C(CNC(=O)C(C)(C)Br)C1.CC(C)(Br)C(=O)Br.CC(C)(Br)C(=O)NCC1CC2C=CC1C2.NCC1CC2C=CC1C2. The molecule has 2 amide bonds. The maximum atomic E-state index is 11.8. The van der Waals surface area contributed by atoms with Crippen LogP contribution >= 0.6 is 63.7 Å². The molecule has 3 fully saturated rings. The Morgan fingerprint density at radius 2 is 1.12 bits per heavy atom. The number of rotatable bonds is 10. The van der Waals surface area contributed by atoms with Gasteiger partial charge in [0.25, 0.3) is 0 Å². The smallest absolute Gasteiger partial charge is 0.236 e. The molecule has 0 aliphatic heterocycles. The Balaban J connectivity index is 0.000000342. The van der Waals surface area contributed by atoms with Crippen LogP contribution in [0.5, 0.6) is 0 Å². The van der Waals surface area contributed by atoms with Gasteiger partial charge >= 0.3 is 0 Å². The number of hydrogen-bond acceptors (Lipinski definition) is 4. The minimum absolute atomic E-state index is 0. The molecule has 10 heteroatoms. The highest BCUT2D eigenvalue weighted by Gasteiger charge is 2.37. The first-order valence-electron chi connectivity index (χ1n) is 17.3. The molecule has 9 atom stereocenters. The summed E-state index contributed by atoms with van der Waals surface area (Å²) in [5, 5.41) is 6.04. The van der Waals surface area contributed by atoms with Crippen LogP contribution in [0.4, 0.5) is 0 Å². The molecular formula is C39H63Br4N3O3. The molecule has 5 aliphatic carbocycles. The van der Waals surface area contributed by atoms with Crippen molar-refractivity contribution in [1.82, 2.24) is 10.6 Å². The summed E-state index contributed by atoms with van der Waals surface area (Å²) in [5.41, 5.74) is 5.59. The summed E-state index contributed by atoms with van der Waals surface area (Å²) >= 11 is 12.7. The van der Waals surface area contributed by atoms with Crippen LogP contribution in [0.15, 0.2) is 49.6 Å². The lowest BCUT2D eigenvalue weighted by Gasteiger charge is -2.21. The molecule has 4 N–H and O–H groups in total. The maximum absolute atomic E-state index is 11.8. The molecule has 5 aliphatic rings. The molecule has 6 nitrogen and oxygen atoms in total. The summed E-state index contributed by atoms with van der Waals surface area (Å²) in [7, 11) is 0. The van der Waals surface area contributed by atoms with Gasteiger partial charge in [-0.05, 0) is 156 Å². The molecule has 5 rings (SSSR count). The van der Waals surface area contributed by atoms with E-state index in [4.69, 9.17) is 5.73 Å². The Hall–Kier alpha value is -0.550. The molecule has 49 heavy (non-hydrogen) atoms. The van der Waals surface area contributed by atoms with Gasteiger partial charge in [-0.25, -0.2) is 0 Å². The molecule has 0 saturated heterocycles. The molecule has 9 unspecified atom stereocenters. The summed E-state index contributed by atoms with van der Waals surface area (Å²) < 4.78 is -1.37. The first-order valence-corrected chi connectivity index (χ1v) is 20.5. The fourth-order valence-corrected chi connectivity index (χ4v) is 7.36. The Kier molecular flexibility index (Phi) is 19.6. The van der Waals surface area contributed by atoms with Crippen LogP contribution in [0.1, 0.15) is 87.5 Å². The summed E-state index contributed by atoms with van der Waals surface area (Å²) in [6, 6.07) is 0. The Morgan fingerprint density at radius 1 is 0.694 bits per heavy atom. The third-order valence-electron chi connectivity index (χ3n) is 10.2. The molecule has 0 heterocycles. The number of fused-ring (bicyclic) bond motifs is 4. The standard InChI is InChI=1S/C14H22BrNO.C12H18BrNO.C8H13N.C4H6Br2O.CH4/c1-5-10-7-11(6-2)12(8-10)9-16-13(17)14(3,4)15;1-12(2,13)11(15)14-7-10-6-8-3-4-9(10)5-8;9-5-8-4-6-1-2-7(8)3-6;1-4(2,6)3(5)7;/h5-6,10-12H,1-2,7-9H2,3-4H3,(H,16,17);3-4,8-10H,5-7H2,1-2H3,(H,14,15);1-2,6-8H,3-5,9H2;1-2H3;1H4. The number of allylic oxidation sites excluding steroid dienone is 6. The van der Waals surface area contributed by atoms with E-state index in [0.29, 0.717) is 29.6 Å². The van der Waals surface area contributed by atoms with Crippen molar-refractivity contribution in [3.8, 4) is 0 Å². The molecule has 0 aromatic carbocycles.